The van der Waals surface area contributed by atoms with Crippen LogP contribution in [0, 0.1) is 11.3 Å². The molecule has 1 aliphatic rings. The van der Waals surface area contributed by atoms with Gasteiger partial charge in [-0.1, -0.05) is 36.0 Å². The molecule has 1 fully saturated rings. The third kappa shape index (κ3) is 4.70. The molecular weight excluding hydrogens is 392 g/mol. The molecule has 1 aliphatic heterocycles. The molecule has 0 aliphatic carbocycles. The first-order valence-electron chi connectivity index (χ1n) is 9.91. The fraction of sp³-hybridized carbons (Fsp3) is 0.208. The minimum Gasteiger partial charge on any atom is -0.336 e. The van der Waals surface area contributed by atoms with Crippen molar-refractivity contribution >= 4 is 17.7 Å². The lowest BCUT2D eigenvalue weighted by molar-refractivity contribution is 0.0625. The average molecular weight is 415 g/mol. The van der Waals surface area contributed by atoms with Crippen LogP contribution in [0.4, 0.5) is 0 Å². The fourth-order valence-electron chi connectivity index (χ4n) is 3.52. The summed E-state index contributed by atoms with van der Waals surface area (Å²) in [5, 5.41) is 9.36. The lowest BCUT2D eigenvalue weighted by atomic mass is 10.1. The van der Waals surface area contributed by atoms with Crippen LogP contribution in [0.5, 0.6) is 0 Å². The third-order valence-electron chi connectivity index (χ3n) is 5.16. The molecule has 4 rings (SSSR count). The molecule has 0 spiro atoms. The minimum atomic E-state index is 0.0519. The maximum atomic E-state index is 13.3. The van der Waals surface area contributed by atoms with Crippen molar-refractivity contribution in [2.75, 3.05) is 26.2 Å². The van der Waals surface area contributed by atoms with E-state index < -0.39 is 0 Å². The van der Waals surface area contributed by atoms with E-state index in [0.717, 1.165) is 29.4 Å². The summed E-state index contributed by atoms with van der Waals surface area (Å²) in [4.78, 5) is 23.4. The van der Waals surface area contributed by atoms with Crippen molar-refractivity contribution in [3.05, 3.63) is 89.7 Å². The van der Waals surface area contributed by atoms with E-state index in [1.165, 1.54) is 17.3 Å². The molecule has 0 bridgehead atoms. The Balaban J connectivity index is 1.44. The number of pyridine rings is 1. The van der Waals surface area contributed by atoms with Crippen molar-refractivity contribution in [3.8, 4) is 6.07 Å². The molecule has 0 saturated carbocycles. The molecule has 2 aromatic carbocycles. The molecule has 2 heterocycles. The number of nitrogens with zero attached hydrogens (tertiary/aromatic N) is 4. The van der Waals surface area contributed by atoms with E-state index in [1.54, 1.807) is 6.07 Å². The molecular formula is C24H22N4OS. The van der Waals surface area contributed by atoms with Crippen molar-refractivity contribution in [1.82, 2.24) is 14.8 Å². The van der Waals surface area contributed by atoms with Gasteiger partial charge in [0.2, 0.25) is 0 Å². The Morgan fingerprint density at radius 1 is 0.933 bits per heavy atom. The number of carbonyl (C=O) groups is 1. The van der Waals surface area contributed by atoms with Gasteiger partial charge < -0.3 is 4.90 Å². The molecule has 30 heavy (non-hydrogen) atoms. The highest BCUT2D eigenvalue weighted by Crippen LogP contribution is 2.33. The SMILES string of the molecule is N#Cc1ccccc1Sc1ccccc1C(=O)N1CCN(Cc2ccncc2)CC1. The van der Waals surface area contributed by atoms with E-state index in [1.807, 2.05) is 71.9 Å². The summed E-state index contributed by atoms with van der Waals surface area (Å²) in [5.41, 5.74) is 2.55. The molecule has 0 atom stereocenters. The normalized spacial score (nSPS) is 14.3. The van der Waals surface area contributed by atoms with Gasteiger partial charge in [0.05, 0.1) is 11.1 Å². The van der Waals surface area contributed by atoms with Crippen LogP contribution in [0.15, 0.2) is 82.8 Å². The van der Waals surface area contributed by atoms with Crippen LogP contribution in [-0.2, 0) is 6.54 Å². The number of benzene rings is 2. The predicted octanol–water partition coefficient (Wildman–Crippen LogP) is 4.06. The van der Waals surface area contributed by atoms with Gasteiger partial charge in [-0.25, -0.2) is 0 Å². The summed E-state index contributed by atoms with van der Waals surface area (Å²) < 4.78 is 0. The standard InChI is InChI=1S/C24H22N4OS/c25-17-20-5-1-3-7-22(20)30-23-8-4-2-6-21(23)24(29)28-15-13-27(14-16-28)18-19-9-11-26-12-10-19/h1-12H,13-16,18H2. The Bertz CT molecular complexity index is 1060. The predicted molar refractivity (Wildman–Crippen MR) is 117 cm³/mol. The highest BCUT2D eigenvalue weighted by atomic mass is 32.2. The maximum absolute atomic E-state index is 13.3. The summed E-state index contributed by atoms with van der Waals surface area (Å²) >= 11 is 1.47. The largest absolute Gasteiger partial charge is 0.336 e. The highest BCUT2D eigenvalue weighted by Gasteiger charge is 2.24. The Morgan fingerprint density at radius 3 is 2.33 bits per heavy atom. The number of carbonyl (C=O) groups excluding carboxylic acids is 1. The van der Waals surface area contributed by atoms with Gasteiger partial charge in [0.1, 0.15) is 6.07 Å². The van der Waals surface area contributed by atoms with Gasteiger partial charge in [-0.3, -0.25) is 14.7 Å². The van der Waals surface area contributed by atoms with E-state index in [-0.39, 0.29) is 5.91 Å². The summed E-state index contributed by atoms with van der Waals surface area (Å²) in [6.07, 6.45) is 3.63. The van der Waals surface area contributed by atoms with Gasteiger partial charge in [-0.05, 0) is 42.0 Å². The van der Waals surface area contributed by atoms with Gasteiger partial charge in [-0.15, -0.1) is 0 Å². The second kappa shape index (κ2) is 9.57. The number of hydrogen-bond acceptors (Lipinski definition) is 5. The number of aromatic nitrogens is 1. The first kappa shape index (κ1) is 20.1. The van der Waals surface area contributed by atoms with Crippen molar-refractivity contribution in [3.63, 3.8) is 0 Å². The van der Waals surface area contributed by atoms with Gasteiger partial charge >= 0.3 is 0 Å². The van der Waals surface area contributed by atoms with Gasteiger partial charge in [0.15, 0.2) is 0 Å². The number of amides is 1. The molecule has 6 heteroatoms. The Hall–Kier alpha value is -3.14. The number of hydrogen-bond donors (Lipinski definition) is 0. The lowest BCUT2D eigenvalue weighted by Crippen LogP contribution is -2.48. The molecule has 150 valence electrons. The van der Waals surface area contributed by atoms with E-state index in [4.69, 9.17) is 0 Å². The summed E-state index contributed by atoms with van der Waals surface area (Å²) in [5.74, 6) is 0.0519. The molecule has 0 N–H and O–H groups in total. The first-order chi connectivity index (χ1) is 14.7. The first-order valence-corrected chi connectivity index (χ1v) is 10.7. The smallest absolute Gasteiger partial charge is 0.255 e. The Kier molecular flexibility index (Phi) is 6.43. The molecule has 5 nitrogen and oxygen atoms in total. The monoisotopic (exact) mass is 414 g/mol. The molecule has 0 radical (unpaired) electrons. The van der Waals surface area contributed by atoms with Crippen molar-refractivity contribution in [2.24, 2.45) is 0 Å². The van der Waals surface area contributed by atoms with Crippen LogP contribution in [0.1, 0.15) is 21.5 Å². The second-order valence-electron chi connectivity index (χ2n) is 7.13. The molecule has 1 aromatic heterocycles. The topological polar surface area (TPSA) is 60.2 Å². The zero-order chi connectivity index (χ0) is 20.8. The third-order valence-corrected chi connectivity index (χ3v) is 6.31. The van der Waals surface area contributed by atoms with Crippen molar-refractivity contribution in [2.45, 2.75) is 16.3 Å². The molecule has 3 aromatic rings. The minimum absolute atomic E-state index is 0.0519. The van der Waals surface area contributed by atoms with Crippen LogP contribution in [0.25, 0.3) is 0 Å². The molecule has 1 amide bonds. The van der Waals surface area contributed by atoms with E-state index in [2.05, 4.69) is 16.0 Å². The zero-order valence-electron chi connectivity index (χ0n) is 16.6. The number of piperazine rings is 1. The van der Waals surface area contributed by atoms with Crippen molar-refractivity contribution < 1.29 is 4.79 Å². The molecule has 1 saturated heterocycles. The van der Waals surface area contributed by atoms with Gasteiger partial charge in [0.25, 0.3) is 5.91 Å². The van der Waals surface area contributed by atoms with Crippen LogP contribution >= 0.6 is 11.8 Å². The van der Waals surface area contributed by atoms with E-state index >= 15 is 0 Å². The summed E-state index contributed by atoms with van der Waals surface area (Å²) in [6, 6.07) is 21.4. The lowest BCUT2D eigenvalue weighted by Gasteiger charge is -2.35. The van der Waals surface area contributed by atoms with E-state index in [0.29, 0.717) is 24.2 Å². The Labute approximate surface area is 181 Å². The quantitative estimate of drug-likeness (QED) is 0.630. The fourth-order valence-corrected chi connectivity index (χ4v) is 4.54. The van der Waals surface area contributed by atoms with Crippen LogP contribution < -0.4 is 0 Å². The summed E-state index contributed by atoms with van der Waals surface area (Å²) in [7, 11) is 0. The highest BCUT2D eigenvalue weighted by molar-refractivity contribution is 7.99. The average Bonchev–Trinajstić information content (AvgIpc) is 2.80. The maximum Gasteiger partial charge on any atom is 0.255 e. The van der Waals surface area contributed by atoms with Gasteiger partial charge in [-0.2, -0.15) is 5.26 Å². The number of nitriles is 1. The van der Waals surface area contributed by atoms with Crippen molar-refractivity contribution in [1.29, 1.82) is 5.26 Å². The number of rotatable bonds is 5. The van der Waals surface area contributed by atoms with Gasteiger partial charge in [0, 0.05) is 54.9 Å². The molecule has 0 unspecified atom stereocenters. The van der Waals surface area contributed by atoms with Crippen LogP contribution in [0.2, 0.25) is 0 Å². The second-order valence-corrected chi connectivity index (χ2v) is 8.21. The van der Waals surface area contributed by atoms with Crippen LogP contribution in [-0.4, -0.2) is 46.9 Å². The van der Waals surface area contributed by atoms with E-state index in [9.17, 15) is 10.1 Å². The summed E-state index contributed by atoms with van der Waals surface area (Å²) in [6.45, 7) is 3.98. The van der Waals surface area contributed by atoms with Crippen LogP contribution in [0.3, 0.4) is 0 Å². The Morgan fingerprint density at radius 2 is 1.60 bits per heavy atom. The zero-order valence-corrected chi connectivity index (χ0v) is 17.4.